The molecular weight excluding hydrogens is 224 g/mol. The van der Waals surface area contributed by atoms with Gasteiger partial charge in [0.15, 0.2) is 5.78 Å². The van der Waals surface area contributed by atoms with Gasteiger partial charge in [0, 0.05) is 23.0 Å². The molecule has 100 valence electrons. The zero-order valence-corrected chi connectivity index (χ0v) is 11.8. The molecule has 0 aliphatic heterocycles. The average molecular weight is 248 g/mol. The van der Waals surface area contributed by atoms with Crippen LogP contribution in [0.1, 0.15) is 54.4 Å². The van der Waals surface area contributed by atoms with Crippen molar-refractivity contribution in [2.75, 3.05) is 13.1 Å². The number of carbonyl (C=O) groups excluding carboxylic acids is 1. The molecule has 0 saturated heterocycles. The van der Waals surface area contributed by atoms with Crippen LogP contribution < -0.4 is 0 Å². The standard InChI is InChI=1S/C15H24N2O/c1-4-5-8-17(13-6-7-13)10-15(18)14-9-11(2)16-12(14)3/h9,13,16H,4-8,10H2,1-3H3. The lowest BCUT2D eigenvalue weighted by atomic mass is 10.1. The molecule has 1 fully saturated rings. The third-order valence-corrected chi connectivity index (χ3v) is 3.66. The number of hydrogen-bond donors (Lipinski definition) is 1. The summed E-state index contributed by atoms with van der Waals surface area (Å²) in [6, 6.07) is 2.64. The normalized spacial score (nSPS) is 15.3. The first kappa shape index (κ1) is 13.3. The van der Waals surface area contributed by atoms with Gasteiger partial charge < -0.3 is 4.98 Å². The van der Waals surface area contributed by atoms with E-state index in [9.17, 15) is 4.79 Å². The van der Waals surface area contributed by atoms with E-state index in [0.29, 0.717) is 12.6 Å². The zero-order chi connectivity index (χ0) is 13.1. The van der Waals surface area contributed by atoms with Gasteiger partial charge in [-0.3, -0.25) is 9.69 Å². The predicted molar refractivity (Wildman–Crippen MR) is 74.1 cm³/mol. The number of nitrogens with zero attached hydrogens (tertiary/aromatic N) is 1. The Morgan fingerprint density at radius 3 is 2.67 bits per heavy atom. The van der Waals surface area contributed by atoms with Gasteiger partial charge in [0.1, 0.15) is 0 Å². The summed E-state index contributed by atoms with van der Waals surface area (Å²) in [5.41, 5.74) is 2.95. The fourth-order valence-corrected chi connectivity index (χ4v) is 2.47. The number of carbonyl (C=O) groups is 1. The van der Waals surface area contributed by atoms with Crippen molar-refractivity contribution in [2.45, 2.75) is 52.5 Å². The molecule has 0 amide bonds. The topological polar surface area (TPSA) is 36.1 Å². The largest absolute Gasteiger partial charge is 0.362 e. The Balaban J connectivity index is 1.98. The second kappa shape index (κ2) is 5.70. The van der Waals surface area contributed by atoms with Gasteiger partial charge in [-0.1, -0.05) is 13.3 Å². The lowest BCUT2D eigenvalue weighted by Crippen LogP contribution is -2.33. The SMILES string of the molecule is CCCCN(CC(=O)c1cc(C)[nH]c1C)C1CC1. The van der Waals surface area contributed by atoms with E-state index in [1.807, 2.05) is 19.9 Å². The minimum absolute atomic E-state index is 0.264. The molecule has 0 radical (unpaired) electrons. The third-order valence-electron chi connectivity index (χ3n) is 3.66. The lowest BCUT2D eigenvalue weighted by molar-refractivity contribution is 0.0923. The maximum atomic E-state index is 12.3. The number of nitrogens with one attached hydrogen (secondary N) is 1. The lowest BCUT2D eigenvalue weighted by Gasteiger charge is -2.20. The summed E-state index contributed by atoms with van der Waals surface area (Å²) < 4.78 is 0. The number of ketones is 1. The summed E-state index contributed by atoms with van der Waals surface area (Å²) in [6.07, 6.45) is 4.92. The molecule has 3 heteroatoms. The molecule has 1 heterocycles. The van der Waals surface area contributed by atoms with Crippen LogP contribution in [0.2, 0.25) is 0 Å². The van der Waals surface area contributed by atoms with Gasteiger partial charge in [0.25, 0.3) is 0 Å². The molecule has 3 nitrogen and oxygen atoms in total. The summed E-state index contributed by atoms with van der Waals surface area (Å²) in [5.74, 6) is 0.264. The number of aromatic nitrogens is 1. The summed E-state index contributed by atoms with van der Waals surface area (Å²) in [6.45, 7) is 7.83. The van der Waals surface area contributed by atoms with Crippen molar-refractivity contribution in [3.63, 3.8) is 0 Å². The number of aromatic amines is 1. The highest BCUT2D eigenvalue weighted by atomic mass is 16.1. The molecule has 1 aliphatic rings. The van der Waals surface area contributed by atoms with E-state index in [0.717, 1.165) is 23.5 Å². The van der Waals surface area contributed by atoms with Crippen LogP contribution in [-0.4, -0.2) is 34.8 Å². The molecule has 0 unspecified atom stereocenters. The van der Waals surface area contributed by atoms with Crippen LogP contribution in [0.5, 0.6) is 0 Å². The minimum atomic E-state index is 0.264. The molecule has 2 rings (SSSR count). The number of hydrogen-bond acceptors (Lipinski definition) is 2. The van der Waals surface area contributed by atoms with Gasteiger partial charge in [-0.05, 0) is 45.7 Å². The van der Waals surface area contributed by atoms with Crippen molar-refractivity contribution in [3.05, 3.63) is 23.0 Å². The molecule has 0 bridgehead atoms. The molecule has 0 spiro atoms. The van der Waals surface area contributed by atoms with Gasteiger partial charge in [0.2, 0.25) is 0 Å². The third kappa shape index (κ3) is 3.22. The molecule has 0 atom stereocenters. The van der Waals surface area contributed by atoms with Gasteiger partial charge in [-0.25, -0.2) is 0 Å². The van der Waals surface area contributed by atoms with Crippen molar-refractivity contribution in [2.24, 2.45) is 0 Å². The molecule has 1 aromatic rings. The predicted octanol–water partition coefficient (Wildman–Crippen LogP) is 3.08. The van der Waals surface area contributed by atoms with E-state index in [-0.39, 0.29) is 5.78 Å². The van der Waals surface area contributed by atoms with Crippen LogP contribution in [0.25, 0.3) is 0 Å². The van der Waals surface area contributed by atoms with Crippen molar-refractivity contribution < 1.29 is 4.79 Å². The highest BCUT2D eigenvalue weighted by Crippen LogP contribution is 2.27. The van der Waals surface area contributed by atoms with E-state index in [4.69, 9.17) is 0 Å². The number of rotatable bonds is 7. The van der Waals surface area contributed by atoms with Crippen molar-refractivity contribution >= 4 is 5.78 Å². The van der Waals surface area contributed by atoms with E-state index in [1.165, 1.54) is 25.7 Å². The van der Waals surface area contributed by atoms with Gasteiger partial charge in [-0.2, -0.15) is 0 Å². The highest BCUT2D eigenvalue weighted by Gasteiger charge is 2.30. The van der Waals surface area contributed by atoms with E-state index in [1.54, 1.807) is 0 Å². The number of Topliss-reactive ketones (excluding diaryl/α,β-unsaturated/α-hetero) is 1. The molecule has 1 aromatic heterocycles. The molecule has 1 N–H and O–H groups in total. The van der Waals surface area contributed by atoms with Gasteiger partial charge >= 0.3 is 0 Å². The van der Waals surface area contributed by atoms with E-state index < -0.39 is 0 Å². The Bertz CT molecular complexity index is 418. The quantitative estimate of drug-likeness (QED) is 0.753. The zero-order valence-electron chi connectivity index (χ0n) is 11.8. The first-order valence-electron chi connectivity index (χ1n) is 7.05. The van der Waals surface area contributed by atoms with Crippen LogP contribution in [0.3, 0.4) is 0 Å². The van der Waals surface area contributed by atoms with Crippen molar-refractivity contribution in [1.29, 1.82) is 0 Å². The first-order valence-corrected chi connectivity index (χ1v) is 7.05. The summed E-state index contributed by atoms with van der Waals surface area (Å²) >= 11 is 0. The second-order valence-electron chi connectivity index (χ2n) is 5.47. The molecule has 1 aliphatic carbocycles. The molecular formula is C15H24N2O. The minimum Gasteiger partial charge on any atom is -0.362 e. The van der Waals surface area contributed by atoms with Crippen LogP contribution >= 0.6 is 0 Å². The van der Waals surface area contributed by atoms with Gasteiger partial charge in [-0.15, -0.1) is 0 Å². The Hall–Kier alpha value is -1.09. The number of H-pyrrole nitrogens is 1. The molecule has 1 saturated carbocycles. The van der Waals surface area contributed by atoms with Crippen LogP contribution in [0.15, 0.2) is 6.07 Å². The summed E-state index contributed by atoms with van der Waals surface area (Å²) in [4.78, 5) is 17.9. The number of unbranched alkanes of at least 4 members (excludes halogenated alkanes) is 1. The average Bonchev–Trinajstić information content (AvgIpc) is 3.10. The maximum absolute atomic E-state index is 12.3. The van der Waals surface area contributed by atoms with Crippen LogP contribution in [0.4, 0.5) is 0 Å². The second-order valence-corrected chi connectivity index (χ2v) is 5.47. The first-order chi connectivity index (χ1) is 8.61. The van der Waals surface area contributed by atoms with Crippen LogP contribution in [0, 0.1) is 13.8 Å². The Labute approximate surface area is 110 Å². The van der Waals surface area contributed by atoms with Crippen LogP contribution in [-0.2, 0) is 0 Å². The Morgan fingerprint density at radius 2 is 2.17 bits per heavy atom. The summed E-state index contributed by atoms with van der Waals surface area (Å²) in [7, 11) is 0. The van der Waals surface area contributed by atoms with Crippen molar-refractivity contribution in [1.82, 2.24) is 9.88 Å². The molecule has 18 heavy (non-hydrogen) atoms. The fraction of sp³-hybridized carbons (Fsp3) is 0.667. The number of aryl methyl sites for hydroxylation is 2. The monoisotopic (exact) mass is 248 g/mol. The maximum Gasteiger partial charge on any atom is 0.178 e. The molecule has 0 aromatic carbocycles. The smallest absolute Gasteiger partial charge is 0.178 e. The van der Waals surface area contributed by atoms with E-state index >= 15 is 0 Å². The Kier molecular flexibility index (Phi) is 4.23. The van der Waals surface area contributed by atoms with Crippen molar-refractivity contribution in [3.8, 4) is 0 Å². The van der Waals surface area contributed by atoms with Gasteiger partial charge in [0.05, 0.1) is 6.54 Å². The fourth-order valence-electron chi connectivity index (χ4n) is 2.47. The highest BCUT2D eigenvalue weighted by molar-refractivity contribution is 5.98. The Morgan fingerprint density at radius 1 is 1.44 bits per heavy atom. The summed E-state index contributed by atoms with van der Waals surface area (Å²) in [5, 5.41) is 0. The van der Waals surface area contributed by atoms with E-state index in [2.05, 4.69) is 16.8 Å².